The molecule has 6 nitrogen and oxygen atoms in total. The van der Waals surface area contributed by atoms with Gasteiger partial charge < -0.3 is 15.7 Å². The van der Waals surface area contributed by atoms with Crippen molar-refractivity contribution in [2.75, 3.05) is 0 Å². The third kappa shape index (κ3) is 4.61. The molecule has 0 aliphatic carbocycles. The molecule has 0 saturated heterocycles. The zero-order chi connectivity index (χ0) is 16.2. The third-order valence-electron chi connectivity index (χ3n) is 2.67. The zero-order valence-electron chi connectivity index (χ0n) is 11.3. The second-order valence-corrected chi connectivity index (χ2v) is 5.15. The second kappa shape index (κ2) is 7.28. The van der Waals surface area contributed by atoms with Crippen LogP contribution in [0.15, 0.2) is 18.2 Å². The van der Waals surface area contributed by atoms with E-state index in [2.05, 4.69) is 10.6 Å². The van der Waals surface area contributed by atoms with Gasteiger partial charge in [-0.25, -0.2) is 0 Å². The van der Waals surface area contributed by atoms with Gasteiger partial charge in [-0.3, -0.25) is 14.4 Å². The van der Waals surface area contributed by atoms with Crippen molar-refractivity contribution in [2.24, 2.45) is 0 Å². The van der Waals surface area contributed by atoms with Crippen LogP contribution in [0.1, 0.15) is 24.2 Å². The Hall–Kier alpha value is -1.79. The number of carboxylic acid groups (broad SMARTS) is 1. The lowest BCUT2D eigenvalue weighted by Gasteiger charge is -2.16. The topological polar surface area (TPSA) is 95.5 Å². The van der Waals surface area contributed by atoms with Crippen LogP contribution in [0, 0.1) is 0 Å². The second-order valence-electron chi connectivity index (χ2n) is 4.37. The van der Waals surface area contributed by atoms with E-state index in [1.165, 1.54) is 26.0 Å². The Morgan fingerprint density at radius 2 is 1.71 bits per heavy atom. The maximum atomic E-state index is 12.0. The number of amides is 2. The molecule has 8 heteroatoms. The van der Waals surface area contributed by atoms with Crippen molar-refractivity contribution in [3.05, 3.63) is 33.8 Å². The molecule has 1 rings (SSSR count). The first-order valence-electron chi connectivity index (χ1n) is 6.02. The number of halogens is 2. The summed E-state index contributed by atoms with van der Waals surface area (Å²) in [6.07, 6.45) is 0. The van der Waals surface area contributed by atoms with Crippen LogP contribution in [0.3, 0.4) is 0 Å². The molecule has 2 atom stereocenters. The summed E-state index contributed by atoms with van der Waals surface area (Å²) in [5, 5.41) is 13.7. The van der Waals surface area contributed by atoms with Crippen molar-refractivity contribution >= 4 is 41.0 Å². The molecule has 1 aromatic carbocycles. The van der Waals surface area contributed by atoms with Crippen molar-refractivity contribution < 1.29 is 19.5 Å². The zero-order valence-corrected chi connectivity index (χ0v) is 12.8. The minimum atomic E-state index is -1.17. The molecule has 0 bridgehead atoms. The molecule has 0 aliphatic rings. The summed E-state index contributed by atoms with van der Waals surface area (Å²) in [6.45, 7) is 2.75. The van der Waals surface area contributed by atoms with E-state index in [1.807, 2.05) is 0 Å². The fourth-order valence-corrected chi connectivity index (χ4v) is 1.81. The number of benzene rings is 1. The molecule has 21 heavy (non-hydrogen) atoms. The number of rotatable bonds is 5. The van der Waals surface area contributed by atoms with Gasteiger partial charge in [0.1, 0.15) is 12.1 Å². The van der Waals surface area contributed by atoms with Crippen molar-refractivity contribution in [1.29, 1.82) is 0 Å². The van der Waals surface area contributed by atoms with Crippen LogP contribution >= 0.6 is 23.2 Å². The normalized spacial score (nSPS) is 13.1. The van der Waals surface area contributed by atoms with Crippen LogP contribution in [-0.4, -0.2) is 35.0 Å². The van der Waals surface area contributed by atoms with Crippen molar-refractivity contribution in [3.8, 4) is 0 Å². The lowest BCUT2D eigenvalue weighted by Crippen LogP contribution is -2.49. The Labute approximate surface area is 131 Å². The van der Waals surface area contributed by atoms with Gasteiger partial charge in [-0.2, -0.15) is 0 Å². The van der Waals surface area contributed by atoms with Gasteiger partial charge in [-0.15, -0.1) is 0 Å². The molecule has 1 unspecified atom stereocenters. The predicted molar refractivity (Wildman–Crippen MR) is 78.6 cm³/mol. The average Bonchev–Trinajstić information content (AvgIpc) is 2.41. The number of carbonyl (C=O) groups excluding carboxylic acids is 2. The number of aliphatic carboxylic acids is 1. The van der Waals surface area contributed by atoms with Gasteiger partial charge in [0.05, 0.1) is 15.6 Å². The van der Waals surface area contributed by atoms with E-state index in [-0.39, 0.29) is 15.6 Å². The highest BCUT2D eigenvalue weighted by atomic mass is 35.5. The fraction of sp³-hybridized carbons (Fsp3) is 0.308. The molecular formula is C13H14Cl2N2O4. The molecule has 0 spiro atoms. The first-order chi connectivity index (χ1) is 9.73. The van der Waals surface area contributed by atoms with Crippen molar-refractivity contribution in [1.82, 2.24) is 10.6 Å². The predicted octanol–water partition coefficient (Wildman–Crippen LogP) is 1.70. The molecule has 0 aliphatic heterocycles. The van der Waals surface area contributed by atoms with Crippen LogP contribution in [0.5, 0.6) is 0 Å². The first-order valence-corrected chi connectivity index (χ1v) is 6.77. The number of carboxylic acids is 1. The van der Waals surface area contributed by atoms with Gasteiger partial charge in [0, 0.05) is 0 Å². The minimum Gasteiger partial charge on any atom is -0.480 e. The van der Waals surface area contributed by atoms with Gasteiger partial charge in [0.15, 0.2) is 0 Å². The Kier molecular flexibility index (Phi) is 5.99. The highest BCUT2D eigenvalue weighted by molar-refractivity contribution is 6.43. The third-order valence-corrected chi connectivity index (χ3v) is 3.49. The standard InChI is InChI=1S/C13H14Cl2N2O4/c1-6(11(18)17-7(2)13(20)21)16-12(19)8-4-3-5-9(14)10(8)15/h3-7H,1-2H3,(H,16,19)(H,17,18)(H,20,21)/t6?,7-/m0/s1. The summed E-state index contributed by atoms with van der Waals surface area (Å²) in [5.41, 5.74) is 0.134. The van der Waals surface area contributed by atoms with Crippen LogP contribution in [-0.2, 0) is 9.59 Å². The van der Waals surface area contributed by atoms with Crippen LogP contribution in [0.25, 0.3) is 0 Å². The average molecular weight is 333 g/mol. The molecule has 0 fully saturated rings. The maximum absolute atomic E-state index is 12.0. The highest BCUT2D eigenvalue weighted by Crippen LogP contribution is 2.25. The van der Waals surface area contributed by atoms with E-state index >= 15 is 0 Å². The molecule has 0 radical (unpaired) electrons. The van der Waals surface area contributed by atoms with Crippen LogP contribution in [0.4, 0.5) is 0 Å². The Morgan fingerprint density at radius 3 is 2.29 bits per heavy atom. The number of nitrogens with one attached hydrogen (secondary N) is 2. The summed E-state index contributed by atoms with van der Waals surface area (Å²) < 4.78 is 0. The van der Waals surface area contributed by atoms with Gasteiger partial charge in [0.25, 0.3) is 5.91 Å². The quantitative estimate of drug-likeness (QED) is 0.764. The molecule has 0 aromatic heterocycles. The SMILES string of the molecule is CC(NC(=O)c1cccc(Cl)c1Cl)C(=O)N[C@@H](C)C(=O)O. The van der Waals surface area contributed by atoms with Crippen LogP contribution in [0.2, 0.25) is 10.0 Å². The van der Waals surface area contributed by atoms with Crippen molar-refractivity contribution in [3.63, 3.8) is 0 Å². The van der Waals surface area contributed by atoms with E-state index in [4.69, 9.17) is 28.3 Å². The smallest absolute Gasteiger partial charge is 0.325 e. The summed E-state index contributed by atoms with van der Waals surface area (Å²) in [7, 11) is 0. The molecule has 0 saturated carbocycles. The molecule has 3 N–H and O–H groups in total. The lowest BCUT2D eigenvalue weighted by molar-refractivity contribution is -0.141. The molecule has 0 heterocycles. The van der Waals surface area contributed by atoms with Gasteiger partial charge >= 0.3 is 5.97 Å². The monoisotopic (exact) mass is 332 g/mol. The van der Waals surface area contributed by atoms with E-state index in [0.29, 0.717) is 0 Å². The van der Waals surface area contributed by atoms with E-state index in [0.717, 1.165) is 0 Å². The number of carbonyl (C=O) groups is 3. The largest absolute Gasteiger partial charge is 0.480 e. The number of hydrogen-bond donors (Lipinski definition) is 3. The molecule has 114 valence electrons. The van der Waals surface area contributed by atoms with E-state index < -0.39 is 29.9 Å². The summed E-state index contributed by atoms with van der Waals surface area (Å²) in [6, 6.07) is 2.58. The Balaban J connectivity index is 2.72. The molecule has 1 aromatic rings. The van der Waals surface area contributed by atoms with E-state index in [9.17, 15) is 14.4 Å². The summed E-state index contributed by atoms with van der Waals surface area (Å²) in [5.74, 6) is -2.36. The first kappa shape index (κ1) is 17.3. The molecular weight excluding hydrogens is 319 g/mol. The number of hydrogen-bond acceptors (Lipinski definition) is 3. The van der Waals surface area contributed by atoms with Gasteiger partial charge in [-0.1, -0.05) is 29.3 Å². The lowest BCUT2D eigenvalue weighted by atomic mass is 10.2. The fourth-order valence-electron chi connectivity index (χ4n) is 1.42. The maximum Gasteiger partial charge on any atom is 0.325 e. The van der Waals surface area contributed by atoms with Gasteiger partial charge in [-0.05, 0) is 26.0 Å². The van der Waals surface area contributed by atoms with Crippen LogP contribution < -0.4 is 10.6 Å². The molecule has 2 amide bonds. The Morgan fingerprint density at radius 1 is 1.10 bits per heavy atom. The minimum absolute atomic E-state index is 0.0863. The van der Waals surface area contributed by atoms with Gasteiger partial charge in [0.2, 0.25) is 5.91 Å². The highest BCUT2D eigenvalue weighted by Gasteiger charge is 2.22. The summed E-state index contributed by atoms with van der Waals surface area (Å²) >= 11 is 11.7. The Bertz CT molecular complexity index is 577. The van der Waals surface area contributed by atoms with E-state index in [1.54, 1.807) is 6.07 Å². The summed E-state index contributed by atoms with van der Waals surface area (Å²) in [4.78, 5) is 34.4. The van der Waals surface area contributed by atoms with Crippen molar-refractivity contribution in [2.45, 2.75) is 25.9 Å².